The third-order valence-corrected chi connectivity index (χ3v) is 5.40. The smallest absolute Gasteiger partial charge is 0.338 e. The average molecular weight is 487 g/mol. The lowest BCUT2D eigenvalue weighted by Gasteiger charge is -2.25. The highest BCUT2D eigenvalue weighted by molar-refractivity contribution is 6.76. The van der Waals surface area contributed by atoms with Crippen molar-refractivity contribution in [2.24, 2.45) is 0 Å². The van der Waals surface area contributed by atoms with Crippen LogP contribution in [0.25, 0.3) is 0 Å². The van der Waals surface area contributed by atoms with E-state index in [4.69, 9.17) is 63.9 Å². The number of hydrogen-bond donors (Lipinski definition) is 1. The molecule has 0 bridgehead atoms. The van der Waals surface area contributed by atoms with Crippen molar-refractivity contribution in [3.63, 3.8) is 0 Å². The van der Waals surface area contributed by atoms with Gasteiger partial charge in [0.2, 0.25) is 12.2 Å². The van der Waals surface area contributed by atoms with Gasteiger partial charge in [0, 0.05) is 5.56 Å². The molecule has 0 amide bonds. The molecule has 0 aliphatic carbocycles. The van der Waals surface area contributed by atoms with Gasteiger partial charge in [0.1, 0.15) is 6.61 Å². The molecular weight excluding hydrogens is 469 g/mol. The molecule has 0 spiro atoms. The van der Waals surface area contributed by atoms with Crippen LogP contribution in [0.3, 0.4) is 0 Å². The van der Waals surface area contributed by atoms with Crippen molar-refractivity contribution in [3.8, 4) is 0 Å². The van der Waals surface area contributed by atoms with E-state index in [0.29, 0.717) is 5.56 Å². The summed E-state index contributed by atoms with van der Waals surface area (Å²) in [7, 11) is 0. The van der Waals surface area contributed by atoms with E-state index in [1.807, 2.05) is 30.3 Å². The molecule has 164 valence electrons. The van der Waals surface area contributed by atoms with Crippen LogP contribution in [-0.2, 0) is 23.7 Å². The summed E-state index contributed by atoms with van der Waals surface area (Å²) in [5.74, 6) is -1.13. The van der Waals surface area contributed by atoms with Crippen LogP contribution in [0, 0.1) is 5.41 Å². The number of alkyl halides is 3. The lowest BCUT2D eigenvalue weighted by atomic mass is 10.0. The number of nitrogens with one attached hydrogen (secondary N) is 1. The minimum atomic E-state index is -2.06. The molecule has 2 fully saturated rings. The minimum absolute atomic E-state index is 0.0130. The van der Waals surface area contributed by atoms with Crippen LogP contribution in [0.1, 0.15) is 22.2 Å². The van der Waals surface area contributed by atoms with Crippen molar-refractivity contribution in [3.05, 3.63) is 71.8 Å². The van der Waals surface area contributed by atoms with Gasteiger partial charge in [-0.05, 0) is 12.1 Å². The van der Waals surface area contributed by atoms with E-state index >= 15 is 0 Å². The van der Waals surface area contributed by atoms with E-state index < -0.39 is 39.9 Å². The van der Waals surface area contributed by atoms with Gasteiger partial charge in [-0.2, -0.15) is 0 Å². The highest BCUT2D eigenvalue weighted by atomic mass is 35.6. The molecule has 0 radical (unpaired) electrons. The van der Waals surface area contributed by atoms with Crippen molar-refractivity contribution in [1.82, 2.24) is 0 Å². The highest BCUT2D eigenvalue weighted by Gasteiger charge is 2.61. The van der Waals surface area contributed by atoms with Crippen molar-refractivity contribution < 1.29 is 28.5 Å². The quantitative estimate of drug-likeness (QED) is 0.291. The molecule has 1 N–H and O–H groups in total. The molecule has 2 aliphatic rings. The molecule has 2 aromatic rings. The zero-order valence-corrected chi connectivity index (χ0v) is 18.3. The Balaban J connectivity index is 1.53. The van der Waals surface area contributed by atoms with Crippen LogP contribution in [-0.4, -0.2) is 46.9 Å². The molecule has 10 heteroatoms. The van der Waals surface area contributed by atoms with Gasteiger partial charge in [-0.25, -0.2) is 4.79 Å². The maximum atomic E-state index is 12.5. The second-order valence-electron chi connectivity index (χ2n) is 7.05. The predicted molar refractivity (Wildman–Crippen MR) is 113 cm³/mol. The Morgan fingerprint density at radius 3 is 2.39 bits per heavy atom. The van der Waals surface area contributed by atoms with Crippen LogP contribution in [0.15, 0.2) is 60.7 Å². The van der Waals surface area contributed by atoms with Crippen molar-refractivity contribution >= 4 is 46.7 Å². The Bertz CT molecular complexity index is 939. The van der Waals surface area contributed by atoms with Crippen LogP contribution in [0.4, 0.5) is 0 Å². The molecule has 31 heavy (non-hydrogen) atoms. The van der Waals surface area contributed by atoms with Gasteiger partial charge in [-0.1, -0.05) is 83.3 Å². The maximum absolute atomic E-state index is 12.5. The summed E-state index contributed by atoms with van der Waals surface area (Å²) in [6.07, 6.45) is -2.68. The molecule has 0 unspecified atom stereocenters. The number of carbonyl (C=O) groups is 1. The Labute approximate surface area is 193 Å². The molecule has 2 heterocycles. The SMILES string of the molecule is N=C(O[C@@H]1OC[C@@]2(COC(=O)c3ccccc3)O[C@@H](c3ccccc3)O[C@@H]12)C(Cl)(Cl)Cl. The molecule has 0 aromatic heterocycles. The summed E-state index contributed by atoms with van der Waals surface area (Å²) >= 11 is 17.2. The van der Waals surface area contributed by atoms with E-state index in [0.717, 1.165) is 5.56 Å². The first-order chi connectivity index (χ1) is 14.8. The molecule has 4 atom stereocenters. The first kappa shape index (κ1) is 22.3. The Kier molecular flexibility index (Phi) is 6.44. The lowest BCUT2D eigenvalue weighted by Crippen LogP contribution is -2.47. The summed E-state index contributed by atoms with van der Waals surface area (Å²) < 4.78 is 26.7. The van der Waals surface area contributed by atoms with Crippen molar-refractivity contribution in [1.29, 1.82) is 5.41 Å². The zero-order chi connectivity index (χ0) is 22.1. The van der Waals surface area contributed by atoms with E-state index in [1.54, 1.807) is 30.3 Å². The number of ether oxygens (including phenoxy) is 5. The fourth-order valence-electron chi connectivity index (χ4n) is 3.34. The second kappa shape index (κ2) is 8.94. The summed E-state index contributed by atoms with van der Waals surface area (Å²) in [5, 5.41) is 7.84. The van der Waals surface area contributed by atoms with Crippen LogP contribution >= 0.6 is 34.8 Å². The zero-order valence-electron chi connectivity index (χ0n) is 16.0. The van der Waals surface area contributed by atoms with Gasteiger partial charge in [0.25, 0.3) is 3.79 Å². The minimum Gasteiger partial charge on any atom is -0.459 e. The Hall–Kier alpha value is -1.87. The molecule has 2 aliphatic heterocycles. The first-order valence-corrected chi connectivity index (χ1v) is 10.5. The summed E-state index contributed by atoms with van der Waals surface area (Å²) in [5.41, 5.74) is 0.00304. The molecule has 2 aromatic carbocycles. The number of benzene rings is 2. The molecule has 0 saturated carbocycles. The number of halogens is 3. The van der Waals surface area contributed by atoms with Crippen molar-refractivity contribution in [2.75, 3.05) is 13.2 Å². The van der Waals surface area contributed by atoms with Gasteiger partial charge in [0.05, 0.1) is 12.2 Å². The van der Waals surface area contributed by atoms with Gasteiger partial charge in [-0.3, -0.25) is 5.41 Å². The number of esters is 1. The average Bonchev–Trinajstić information content (AvgIpc) is 3.30. The standard InChI is InChI=1S/C21H18Cl3NO6/c22-21(23,24)19(25)30-18-15-20(12-28-18,11-27-16(26)13-7-3-1-4-8-13)31-17(29-15)14-9-5-2-6-10-14/h1-10,15,17-18,25H,11-12H2/t15-,17-,18-,20+/m0/s1. The Morgan fingerprint density at radius 1 is 1.10 bits per heavy atom. The summed E-state index contributed by atoms with van der Waals surface area (Å²) in [6, 6.07) is 17.8. The molecule has 2 saturated heterocycles. The summed E-state index contributed by atoms with van der Waals surface area (Å²) in [6.45, 7) is -0.170. The molecule has 7 nitrogen and oxygen atoms in total. The largest absolute Gasteiger partial charge is 0.459 e. The molecule has 4 rings (SSSR count). The van der Waals surface area contributed by atoms with Gasteiger partial charge >= 0.3 is 5.97 Å². The van der Waals surface area contributed by atoms with Crippen LogP contribution in [0.2, 0.25) is 0 Å². The number of hydrogen-bond acceptors (Lipinski definition) is 7. The second-order valence-corrected chi connectivity index (χ2v) is 9.33. The van der Waals surface area contributed by atoms with Gasteiger partial charge in [0.15, 0.2) is 18.0 Å². The normalized spacial score (nSPS) is 27.5. The lowest BCUT2D eigenvalue weighted by molar-refractivity contribution is -0.170. The number of carbonyl (C=O) groups excluding carboxylic acids is 1. The van der Waals surface area contributed by atoms with E-state index in [-0.39, 0.29) is 13.2 Å². The third kappa shape index (κ3) is 4.82. The monoisotopic (exact) mass is 485 g/mol. The summed E-state index contributed by atoms with van der Waals surface area (Å²) in [4.78, 5) is 12.5. The van der Waals surface area contributed by atoms with Crippen LogP contribution < -0.4 is 0 Å². The first-order valence-electron chi connectivity index (χ1n) is 9.33. The van der Waals surface area contributed by atoms with Gasteiger partial charge in [-0.15, -0.1) is 0 Å². The number of fused-ring (bicyclic) bond motifs is 1. The van der Waals surface area contributed by atoms with Gasteiger partial charge < -0.3 is 23.7 Å². The molecular formula is C21H18Cl3NO6. The number of rotatable bonds is 5. The highest BCUT2D eigenvalue weighted by Crippen LogP contribution is 2.45. The van der Waals surface area contributed by atoms with Crippen LogP contribution in [0.5, 0.6) is 0 Å². The third-order valence-electron chi connectivity index (χ3n) is 4.89. The van der Waals surface area contributed by atoms with Crippen molar-refractivity contribution in [2.45, 2.75) is 28.1 Å². The predicted octanol–water partition coefficient (Wildman–Crippen LogP) is 4.42. The van der Waals surface area contributed by atoms with E-state index in [9.17, 15) is 4.79 Å². The fourth-order valence-corrected chi connectivity index (χ4v) is 3.48. The fraction of sp³-hybridized carbons (Fsp3) is 0.333. The topological polar surface area (TPSA) is 87.1 Å². The Morgan fingerprint density at radius 2 is 1.74 bits per heavy atom. The van der Waals surface area contributed by atoms with E-state index in [1.165, 1.54) is 0 Å². The van der Waals surface area contributed by atoms with E-state index in [2.05, 4.69) is 0 Å². The maximum Gasteiger partial charge on any atom is 0.338 e.